The van der Waals surface area contributed by atoms with E-state index in [2.05, 4.69) is 16.0 Å². The van der Waals surface area contributed by atoms with E-state index in [0.717, 1.165) is 12.1 Å². The molecule has 0 aliphatic heterocycles. The van der Waals surface area contributed by atoms with Gasteiger partial charge < -0.3 is 15.4 Å². The van der Waals surface area contributed by atoms with Crippen LogP contribution in [0, 0.1) is 5.82 Å². The highest BCUT2D eigenvalue weighted by Crippen LogP contribution is 2.24. The molecule has 0 radical (unpaired) electrons. The number of amides is 3. The molecule has 0 aliphatic rings. The normalized spacial score (nSPS) is 11.5. The summed E-state index contributed by atoms with van der Waals surface area (Å²) in [6.07, 6.45) is -0.733. The van der Waals surface area contributed by atoms with Crippen LogP contribution in [0.15, 0.2) is 42.5 Å². The molecule has 0 bridgehead atoms. The van der Waals surface area contributed by atoms with Crippen molar-refractivity contribution in [1.29, 1.82) is 0 Å². The molecule has 0 heterocycles. The first-order chi connectivity index (χ1) is 14.2. The highest BCUT2D eigenvalue weighted by Gasteiger charge is 2.19. The second kappa shape index (κ2) is 9.16. The molecule has 0 saturated carbocycles. The van der Waals surface area contributed by atoms with Gasteiger partial charge in [0.15, 0.2) is 0 Å². The summed E-state index contributed by atoms with van der Waals surface area (Å²) in [5.74, 6) is -1.37. The van der Waals surface area contributed by atoms with Crippen molar-refractivity contribution in [3.8, 4) is 0 Å². The summed E-state index contributed by atoms with van der Waals surface area (Å²) in [5.41, 5.74) is -0.170. The van der Waals surface area contributed by atoms with Crippen LogP contribution in [0.1, 0.15) is 62.3 Å². The van der Waals surface area contributed by atoms with Crippen molar-refractivity contribution in [3.63, 3.8) is 0 Å². The van der Waals surface area contributed by atoms with Crippen molar-refractivity contribution in [1.82, 2.24) is 5.32 Å². The first kappa shape index (κ1) is 23.9. The van der Waals surface area contributed by atoms with Gasteiger partial charge >= 0.3 is 6.09 Å². The number of carbonyl (C=O) groups excluding carboxylic acids is 3. The molecule has 166 valence electrons. The molecule has 2 rings (SSSR count). The van der Waals surface area contributed by atoms with Crippen LogP contribution in [0.4, 0.5) is 20.6 Å². The number of rotatable bonds is 4. The predicted octanol–water partition coefficient (Wildman–Crippen LogP) is 4.95. The van der Waals surface area contributed by atoms with Crippen LogP contribution in [0.3, 0.4) is 0 Å². The Hall–Kier alpha value is -3.42. The highest BCUT2D eigenvalue weighted by molar-refractivity contribution is 6.07. The average Bonchev–Trinajstić information content (AvgIpc) is 2.61. The van der Waals surface area contributed by atoms with Crippen LogP contribution >= 0.6 is 0 Å². The Labute approximate surface area is 181 Å². The minimum Gasteiger partial charge on any atom is -0.444 e. The van der Waals surface area contributed by atoms with E-state index >= 15 is 0 Å². The number of ether oxygens (including phenoxy) is 1. The van der Waals surface area contributed by atoms with Crippen molar-refractivity contribution in [2.24, 2.45) is 0 Å². The fraction of sp³-hybridized carbons (Fsp3) is 0.348. The van der Waals surface area contributed by atoms with Gasteiger partial charge in [0.25, 0.3) is 11.8 Å². The second-order valence-electron chi connectivity index (χ2n) is 9.05. The van der Waals surface area contributed by atoms with Gasteiger partial charge in [-0.15, -0.1) is 0 Å². The topological polar surface area (TPSA) is 96.5 Å². The smallest absolute Gasteiger partial charge is 0.412 e. The lowest BCUT2D eigenvalue weighted by Gasteiger charge is -2.21. The lowest BCUT2D eigenvalue weighted by molar-refractivity contribution is 0.0635. The number of hydrogen-bond acceptors (Lipinski definition) is 4. The van der Waals surface area contributed by atoms with Crippen LogP contribution in [0.5, 0.6) is 0 Å². The Kier molecular flexibility index (Phi) is 7.05. The van der Waals surface area contributed by atoms with Crippen molar-refractivity contribution >= 4 is 29.3 Å². The van der Waals surface area contributed by atoms with E-state index in [4.69, 9.17) is 4.74 Å². The van der Waals surface area contributed by atoms with Crippen molar-refractivity contribution < 1.29 is 23.5 Å². The third-order valence-electron chi connectivity index (χ3n) is 3.76. The Morgan fingerprint density at radius 1 is 0.774 bits per heavy atom. The summed E-state index contributed by atoms with van der Waals surface area (Å²) >= 11 is 0. The summed E-state index contributed by atoms with van der Waals surface area (Å²) in [4.78, 5) is 36.9. The van der Waals surface area contributed by atoms with Gasteiger partial charge in [-0.25, -0.2) is 9.18 Å². The lowest BCUT2D eigenvalue weighted by atomic mass is 10.1. The molecule has 31 heavy (non-hydrogen) atoms. The minimum atomic E-state index is -0.733. The minimum absolute atomic E-state index is 0.0745. The standard InChI is InChI=1S/C23H28FN3O4/c1-22(2,3)27-20(29)15-9-7-14(8-10-15)19(28)25-18-13-16(24)11-12-17(18)26-21(30)31-23(4,5)6/h7-13H,1-6H3,(H,25,28)(H,26,30)(H,27,29). The fourth-order valence-corrected chi connectivity index (χ4v) is 2.52. The van der Waals surface area contributed by atoms with Crippen LogP contribution in [-0.4, -0.2) is 29.0 Å². The molecule has 2 aromatic carbocycles. The highest BCUT2D eigenvalue weighted by atomic mass is 19.1. The molecule has 3 N–H and O–H groups in total. The van der Waals surface area contributed by atoms with E-state index in [1.165, 1.54) is 30.3 Å². The largest absolute Gasteiger partial charge is 0.444 e. The Balaban J connectivity index is 2.15. The molecule has 0 spiro atoms. The van der Waals surface area contributed by atoms with Crippen molar-refractivity contribution in [3.05, 3.63) is 59.4 Å². The quantitative estimate of drug-likeness (QED) is 0.640. The maximum absolute atomic E-state index is 13.7. The number of nitrogens with one attached hydrogen (secondary N) is 3. The van der Waals surface area contributed by atoms with Gasteiger partial charge in [-0.2, -0.15) is 0 Å². The van der Waals surface area contributed by atoms with Gasteiger partial charge in [0.1, 0.15) is 11.4 Å². The maximum atomic E-state index is 13.7. The maximum Gasteiger partial charge on any atom is 0.412 e. The number of carbonyl (C=O) groups is 3. The van der Waals surface area contributed by atoms with E-state index in [9.17, 15) is 18.8 Å². The monoisotopic (exact) mass is 429 g/mol. The van der Waals surface area contributed by atoms with Gasteiger partial charge in [0, 0.05) is 16.7 Å². The first-order valence-electron chi connectivity index (χ1n) is 9.77. The van der Waals surface area contributed by atoms with E-state index in [-0.39, 0.29) is 28.4 Å². The summed E-state index contributed by atoms with van der Waals surface area (Å²) in [5, 5.41) is 7.91. The van der Waals surface area contributed by atoms with E-state index < -0.39 is 23.4 Å². The van der Waals surface area contributed by atoms with Crippen LogP contribution in [0.2, 0.25) is 0 Å². The summed E-state index contributed by atoms with van der Waals surface area (Å²) in [6, 6.07) is 9.62. The first-order valence-corrected chi connectivity index (χ1v) is 9.77. The molecule has 0 saturated heterocycles. The van der Waals surface area contributed by atoms with E-state index in [0.29, 0.717) is 5.56 Å². The van der Waals surface area contributed by atoms with E-state index in [1.807, 2.05) is 20.8 Å². The summed E-state index contributed by atoms with van der Waals surface area (Å²) in [6.45, 7) is 10.7. The molecule has 0 unspecified atom stereocenters. The zero-order chi connectivity index (χ0) is 23.4. The van der Waals surface area contributed by atoms with Gasteiger partial charge in [0.05, 0.1) is 11.4 Å². The number of hydrogen-bond donors (Lipinski definition) is 3. The molecule has 3 amide bonds. The SMILES string of the molecule is CC(C)(C)NC(=O)c1ccc(C(=O)Nc2cc(F)ccc2NC(=O)OC(C)(C)C)cc1. The van der Waals surface area contributed by atoms with E-state index in [1.54, 1.807) is 20.8 Å². The zero-order valence-corrected chi connectivity index (χ0v) is 18.6. The van der Waals surface area contributed by atoms with Crippen LogP contribution < -0.4 is 16.0 Å². The Bertz CT molecular complexity index is 974. The average molecular weight is 429 g/mol. The summed E-state index contributed by atoms with van der Waals surface area (Å²) < 4.78 is 18.9. The molecule has 7 nitrogen and oxygen atoms in total. The summed E-state index contributed by atoms with van der Waals surface area (Å²) in [7, 11) is 0. The number of anilines is 2. The molecule has 0 fully saturated rings. The van der Waals surface area contributed by atoms with Gasteiger partial charge in [0.2, 0.25) is 0 Å². The zero-order valence-electron chi connectivity index (χ0n) is 18.6. The molecule has 2 aromatic rings. The molecule has 8 heteroatoms. The second-order valence-corrected chi connectivity index (χ2v) is 9.05. The van der Waals surface area contributed by atoms with Crippen molar-refractivity contribution in [2.75, 3.05) is 10.6 Å². The van der Waals surface area contributed by atoms with Crippen LogP contribution in [-0.2, 0) is 4.74 Å². The molecular formula is C23H28FN3O4. The molecule has 0 atom stereocenters. The van der Waals surface area contributed by atoms with Crippen molar-refractivity contribution in [2.45, 2.75) is 52.7 Å². The molecule has 0 aliphatic carbocycles. The lowest BCUT2D eigenvalue weighted by Crippen LogP contribution is -2.40. The van der Waals surface area contributed by atoms with Crippen LogP contribution in [0.25, 0.3) is 0 Å². The number of halogens is 1. The van der Waals surface area contributed by atoms with Gasteiger partial charge in [-0.1, -0.05) is 0 Å². The predicted molar refractivity (Wildman–Crippen MR) is 118 cm³/mol. The fourth-order valence-electron chi connectivity index (χ4n) is 2.52. The van der Waals surface area contributed by atoms with Gasteiger partial charge in [-0.05, 0) is 84.0 Å². The number of benzene rings is 2. The van der Waals surface area contributed by atoms with Gasteiger partial charge in [-0.3, -0.25) is 14.9 Å². The third kappa shape index (κ3) is 7.73. The molecular weight excluding hydrogens is 401 g/mol. The third-order valence-corrected chi connectivity index (χ3v) is 3.76. The Morgan fingerprint density at radius 3 is 1.84 bits per heavy atom. The molecule has 0 aromatic heterocycles. The Morgan fingerprint density at radius 2 is 1.32 bits per heavy atom.